The summed E-state index contributed by atoms with van der Waals surface area (Å²) in [6.07, 6.45) is 11.0. The maximum absolute atomic E-state index is 13.4. The van der Waals surface area contributed by atoms with Crippen LogP contribution in [0.3, 0.4) is 0 Å². The third-order valence-electron chi connectivity index (χ3n) is 4.32. The molecule has 5 heteroatoms. The maximum Gasteiger partial charge on any atom is 0.138 e. The average molecular weight is 404 g/mol. The molecule has 0 fully saturated rings. The monoisotopic (exact) mass is 403 g/mol. The molecule has 0 aliphatic heterocycles. The highest BCUT2D eigenvalue weighted by atomic mass is 19.1. The van der Waals surface area contributed by atoms with Crippen LogP contribution in [0, 0.1) is 11.7 Å². The number of allylic oxidation sites excluding steroid dienone is 4. The number of nitrogens with zero attached hydrogens (tertiary/aromatic N) is 2. The smallest absolute Gasteiger partial charge is 0.138 e. The van der Waals surface area contributed by atoms with Gasteiger partial charge < -0.3 is 9.72 Å². The molecule has 0 unspecified atom stereocenters. The lowest BCUT2D eigenvalue weighted by Crippen LogP contribution is -2.01. The topological polar surface area (TPSA) is 50.8 Å². The molecule has 1 N–H and O–H groups in total. The maximum atomic E-state index is 13.4. The van der Waals surface area contributed by atoms with Crippen LogP contribution in [-0.2, 0) is 4.74 Å². The van der Waals surface area contributed by atoms with Gasteiger partial charge in [-0.2, -0.15) is 0 Å². The fraction of sp³-hybridized carbons (Fsp3) is 0.200. The number of nitrogens with one attached hydrogen (secondary N) is 1. The number of ether oxygens (including phenoxy) is 1. The summed E-state index contributed by atoms with van der Waals surface area (Å²) in [5.41, 5.74) is 4.24. The molecule has 0 aliphatic rings. The molecule has 0 aliphatic carbocycles. The van der Waals surface area contributed by atoms with E-state index in [1.165, 1.54) is 12.1 Å². The fourth-order valence-corrected chi connectivity index (χ4v) is 2.94. The predicted octanol–water partition coefficient (Wildman–Crippen LogP) is 6.08. The molecular weight excluding hydrogens is 377 g/mol. The van der Waals surface area contributed by atoms with Crippen LogP contribution in [0.1, 0.15) is 19.7 Å². The molecule has 0 saturated carbocycles. The van der Waals surface area contributed by atoms with Crippen LogP contribution in [0.25, 0.3) is 28.1 Å². The van der Waals surface area contributed by atoms with E-state index < -0.39 is 0 Å². The van der Waals surface area contributed by atoms with Crippen molar-refractivity contribution in [2.75, 3.05) is 13.2 Å². The Bertz CT molecular complexity index is 1020. The van der Waals surface area contributed by atoms with Crippen molar-refractivity contribution in [2.45, 2.75) is 13.8 Å². The minimum absolute atomic E-state index is 0.281. The molecular formula is C25H26FN3O. The number of pyridine rings is 1. The Hall–Kier alpha value is -3.31. The van der Waals surface area contributed by atoms with Crippen LogP contribution in [0.4, 0.5) is 4.39 Å². The Morgan fingerprint density at radius 1 is 1.13 bits per heavy atom. The summed E-state index contributed by atoms with van der Waals surface area (Å²) in [6, 6.07) is 10.2. The van der Waals surface area contributed by atoms with Crippen LogP contribution in [-0.4, -0.2) is 28.2 Å². The molecule has 30 heavy (non-hydrogen) atoms. The van der Waals surface area contributed by atoms with Crippen LogP contribution < -0.4 is 0 Å². The summed E-state index contributed by atoms with van der Waals surface area (Å²) in [4.78, 5) is 12.3. The van der Waals surface area contributed by atoms with Gasteiger partial charge in [0.2, 0.25) is 0 Å². The third-order valence-corrected chi connectivity index (χ3v) is 4.32. The molecule has 0 atom stereocenters. The molecule has 154 valence electrons. The molecule has 0 saturated heterocycles. The van der Waals surface area contributed by atoms with E-state index in [-0.39, 0.29) is 5.82 Å². The Kier molecular flexibility index (Phi) is 7.46. The van der Waals surface area contributed by atoms with E-state index >= 15 is 0 Å². The zero-order valence-electron chi connectivity index (χ0n) is 17.3. The summed E-state index contributed by atoms with van der Waals surface area (Å²) in [5, 5.41) is 0. The Labute approximate surface area is 176 Å². The quantitative estimate of drug-likeness (QED) is 0.348. The first-order valence-corrected chi connectivity index (χ1v) is 9.92. The number of aromatic nitrogens is 3. The van der Waals surface area contributed by atoms with Crippen molar-refractivity contribution in [1.82, 2.24) is 15.0 Å². The van der Waals surface area contributed by atoms with Crippen molar-refractivity contribution < 1.29 is 9.13 Å². The molecule has 1 aromatic carbocycles. The normalized spacial score (nSPS) is 12.1. The van der Waals surface area contributed by atoms with E-state index in [4.69, 9.17) is 9.72 Å². The van der Waals surface area contributed by atoms with Gasteiger partial charge in [0, 0.05) is 35.7 Å². The predicted molar refractivity (Wildman–Crippen MR) is 120 cm³/mol. The average Bonchev–Trinajstić information content (AvgIpc) is 3.19. The van der Waals surface area contributed by atoms with E-state index in [0.717, 1.165) is 28.1 Å². The largest absolute Gasteiger partial charge is 0.377 e. The highest BCUT2D eigenvalue weighted by Gasteiger charge is 2.15. The number of halogens is 1. The molecule has 4 nitrogen and oxygen atoms in total. The number of H-pyrrole nitrogens is 1. The first-order chi connectivity index (χ1) is 14.6. The van der Waals surface area contributed by atoms with Crippen molar-refractivity contribution in [2.24, 2.45) is 5.92 Å². The number of rotatable bonds is 9. The second-order valence-corrected chi connectivity index (χ2v) is 7.24. The van der Waals surface area contributed by atoms with Crippen LogP contribution in [0.2, 0.25) is 0 Å². The second kappa shape index (κ2) is 10.5. The van der Waals surface area contributed by atoms with Crippen molar-refractivity contribution >= 4 is 5.57 Å². The lowest BCUT2D eigenvalue weighted by Gasteiger charge is -2.03. The summed E-state index contributed by atoms with van der Waals surface area (Å²) >= 11 is 0. The molecule has 2 heterocycles. The van der Waals surface area contributed by atoms with E-state index in [2.05, 4.69) is 30.4 Å². The first-order valence-electron chi connectivity index (χ1n) is 9.92. The van der Waals surface area contributed by atoms with Gasteiger partial charge in [-0.15, -0.1) is 0 Å². The Balaban J connectivity index is 1.97. The van der Waals surface area contributed by atoms with Crippen LogP contribution >= 0.6 is 0 Å². The summed E-state index contributed by atoms with van der Waals surface area (Å²) < 4.78 is 19.1. The fourth-order valence-electron chi connectivity index (χ4n) is 2.94. The minimum Gasteiger partial charge on any atom is -0.377 e. The van der Waals surface area contributed by atoms with Crippen molar-refractivity contribution in [3.05, 3.63) is 91.3 Å². The van der Waals surface area contributed by atoms with Crippen molar-refractivity contribution in [3.63, 3.8) is 0 Å². The van der Waals surface area contributed by atoms with Crippen LogP contribution in [0.5, 0.6) is 0 Å². The molecule has 2 aromatic heterocycles. The van der Waals surface area contributed by atoms with Gasteiger partial charge in [-0.25, -0.2) is 9.37 Å². The molecule has 0 spiro atoms. The Morgan fingerprint density at radius 2 is 1.87 bits per heavy atom. The third kappa shape index (κ3) is 5.61. The van der Waals surface area contributed by atoms with Crippen molar-refractivity contribution in [1.29, 1.82) is 0 Å². The van der Waals surface area contributed by atoms with Gasteiger partial charge in [-0.1, -0.05) is 44.7 Å². The minimum atomic E-state index is -0.281. The first kappa shape index (κ1) is 21.4. The van der Waals surface area contributed by atoms with Gasteiger partial charge in [0.25, 0.3) is 0 Å². The van der Waals surface area contributed by atoms with E-state index in [1.807, 2.05) is 30.4 Å². The van der Waals surface area contributed by atoms with Gasteiger partial charge >= 0.3 is 0 Å². The highest BCUT2D eigenvalue weighted by molar-refractivity contribution is 5.82. The lowest BCUT2D eigenvalue weighted by atomic mass is 10.1. The summed E-state index contributed by atoms with van der Waals surface area (Å²) in [5.74, 6) is 0.908. The highest BCUT2D eigenvalue weighted by Crippen LogP contribution is 2.32. The number of hydrogen-bond acceptors (Lipinski definition) is 3. The van der Waals surface area contributed by atoms with E-state index in [0.29, 0.717) is 25.0 Å². The zero-order valence-corrected chi connectivity index (χ0v) is 17.3. The lowest BCUT2D eigenvalue weighted by molar-refractivity contribution is 0.135. The number of imidazole rings is 1. The Morgan fingerprint density at radius 3 is 2.53 bits per heavy atom. The molecule has 3 aromatic rings. The van der Waals surface area contributed by atoms with Gasteiger partial charge in [0.05, 0.1) is 18.0 Å². The van der Waals surface area contributed by atoms with Gasteiger partial charge in [0.1, 0.15) is 11.6 Å². The number of hydrogen-bond donors (Lipinski definition) is 1. The van der Waals surface area contributed by atoms with E-state index in [1.54, 1.807) is 30.6 Å². The van der Waals surface area contributed by atoms with Crippen LogP contribution in [0.15, 0.2) is 79.7 Å². The molecule has 0 radical (unpaired) electrons. The van der Waals surface area contributed by atoms with Gasteiger partial charge in [-0.3, -0.25) is 4.98 Å². The van der Waals surface area contributed by atoms with Gasteiger partial charge in [-0.05, 0) is 42.3 Å². The summed E-state index contributed by atoms with van der Waals surface area (Å²) in [6.45, 7) is 9.29. The zero-order chi connectivity index (χ0) is 21.3. The number of benzene rings is 1. The molecule has 3 rings (SSSR count). The molecule has 0 amide bonds. The second-order valence-electron chi connectivity index (χ2n) is 7.24. The standard InChI is InChI=1S/C25H26FN3O/c1-4-6-21(7-5-16-30-17-18(2)3)25-28-23(19-8-10-22(26)11-9-19)24(29-25)20-12-14-27-15-13-20/h4-15,18H,1,16-17H2,2-3H3,(H,28,29)/b7-5-,21-6+. The van der Waals surface area contributed by atoms with Crippen molar-refractivity contribution in [3.8, 4) is 22.5 Å². The molecule has 0 bridgehead atoms. The SMILES string of the molecule is C=C/C=C(\C=C/COCC(C)C)c1nc(-c2ccc(F)cc2)c(-c2ccncc2)[nH]1. The summed E-state index contributed by atoms with van der Waals surface area (Å²) in [7, 11) is 0. The van der Waals surface area contributed by atoms with Gasteiger partial charge in [0.15, 0.2) is 0 Å². The number of aromatic amines is 1. The van der Waals surface area contributed by atoms with E-state index in [9.17, 15) is 4.39 Å².